The third kappa shape index (κ3) is 3.42. The standard InChI is InChI=1S/C31H21NO/c1-2-11-22(12-3-1)24-14-4-6-16-26(24)30-28-18-8-9-19-29(28)31(33-30)27-17-7-5-15-25(27)23-13-10-20-32-21-23/h1-21H. The summed E-state index contributed by atoms with van der Waals surface area (Å²) in [5.41, 5.74) is 6.65. The van der Waals surface area contributed by atoms with E-state index in [1.165, 1.54) is 5.56 Å². The summed E-state index contributed by atoms with van der Waals surface area (Å²) in [6, 6.07) is 39.8. The van der Waals surface area contributed by atoms with Gasteiger partial charge in [-0.2, -0.15) is 0 Å². The van der Waals surface area contributed by atoms with Crippen LogP contribution in [0.4, 0.5) is 0 Å². The lowest BCUT2D eigenvalue weighted by Crippen LogP contribution is -1.85. The maximum Gasteiger partial charge on any atom is 0.143 e. The SMILES string of the molecule is c1ccc(-c2ccccc2-c2oc(-c3ccccc3-c3cccnc3)c3ccccc23)cc1. The zero-order chi connectivity index (χ0) is 22.0. The minimum Gasteiger partial charge on any atom is -0.455 e. The van der Waals surface area contributed by atoms with Crippen molar-refractivity contribution in [1.82, 2.24) is 4.98 Å². The van der Waals surface area contributed by atoms with Crippen molar-refractivity contribution in [3.05, 3.63) is 128 Å². The summed E-state index contributed by atoms with van der Waals surface area (Å²) in [5, 5.41) is 2.21. The second-order valence-electron chi connectivity index (χ2n) is 8.00. The van der Waals surface area contributed by atoms with Crippen LogP contribution in [0.25, 0.3) is 55.7 Å². The van der Waals surface area contributed by atoms with Gasteiger partial charge in [0.15, 0.2) is 0 Å². The van der Waals surface area contributed by atoms with Crippen molar-refractivity contribution in [1.29, 1.82) is 0 Å². The van der Waals surface area contributed by atoms with Crippen LogP contribution in [0.3, 0.4) is 0 Å². The largest absolute Gasteiger partial charge is 0.455 e. The van der Waals surface area contributed by atoms with Crippen LogP contribution in [0, 0.1) is 0 Å². The molecule has 0 bridgehead atoms. The number of fused-ring (bicyclic) bond motifs is 1. The molecule has 0 amide bonds. The zero-order valence-electron chi connectivity index (χ0n) is 18.0. The Kier molecular flexibility index (Phi) is 4.82. The third-order valence-electron chi connectivity index (χ3n) is 6.02. The van der Waals surface area contributed by atoms with Crippen molar-refractivity contribution < 1.29 is 4.42 Å². The molecular weight excluding hydrogens is 402 g/mol. The summed E-state index contributed by atoms with van der Waals surface area (Å²) in [6.07, 6.45) is 3.70. The monoisotopic (exact) mass is 423 g/mol. The summed E-state index contributed by atoms with van der Waals surface area (Å²) >= 11 is 0. The molecule has 0 aliphatic carbocycles. The molecule has 156 valence electrons. The van der Waals surface area contributed by atoms with E-state index in [-0.39, 0.29) is 0 Å². The van der Waals surface area contributed by atoms with Gasteiger partial charge in [-0.05, 0) is 22.8 Å². The Morgan fingerprint density at radius 2 is 0.909 bits per heavy atom. The van der Waals surface area contributed by atoms with Crippen molar-refractivity contribution in [2.24, 2.45) is 0 Å². The molecule has 0 atom stereocenters. The Morgan fingerprint density at radius 3 is 1.48 bits per heavy atom. The molecule has 2 heteroatoms. The van der Waals surface area contributed by atoms with Crippen molar-refractivity contribution in [2.45, 2.75) is 0 Å². The zero-order valence-corrected chi connectivity index (χ0v) is 18.0. The predicted octanol–water partition coefficient (Wildman–Crippen LogP) is 8.50. The molecule has 2 nitrogen and oxygen atoms in total. The van der Waals surface area contributed by atoms with E-state index in [2.05, 4.69) is 108 Å². The van der Waals surface area contributed by atoms with Crippen LogP contribution in [-0.4, -0.2) is 4.98 Å². The molecule has 0 saturated carbocycles. The molecule has 0 spiro atoms. The van der Waals surface area contributed by atoms with Crippen LogP contribution in [0.5, 0.6) is 0 Å². The Labute approximate surface area is 192 Å². The van der Waals surface area contributed by atoms with Gasteiger partial charge in [-0.25, -0.2) is 0 Å². The third-order valence-corrected chi connectivity index (χ3v) is 6.02. The summed E-state index contributed by atoms with van der Waals surface area (Å²) in [4.78, 5) is 4.33. The van der Waals surface area contributed by atoms with E-state index in [1.807, 2.05) is 18.3 Å². The van der Waals surface area contributed by atoms with Crippen LogP contribution in [0.2, 0.25) is 0 Å². The topological polar surface area (TPSA) is 26.0 Å². The Hall–Kier alpha value is -4.43. The minimum absolute atomic E-state index is 0.878. The number of furan rings is 1. The molecule has 0 N–H and O–H groups in total. The van der Waals surface area contributed by atoms with Crippen LogP contribution >= 0.6 is 0 Å². The first-order valence-electron chi connectivity index (χ1n) is 11.1. The van der Waals surface area contributed by atoms with Gasteiger partial charge in [0.05, 0.1) is 0 Å². The molecule has 33 heavy (non-hydrogen) atoms. The first kappa shape index (κ1) is 19.3. The van der Waals surface area contributed by atoms with Crippen molar-refractivity contribution >= 4 is 10.8 Å². The van der Waals surface area contributed by atoms with Crippen molar-refractivity contribution in [2.75, 3.05) is 0 Å². The van der Waals surface area contributed by atoms with Crippen molar-refractivity contribution in [3.63, 3.8) is 0 Å². The summed E-state index contributed by atoms with van der Waals surface area (Å²) in [5.74, 6) is 1.77. The number of nitrogens with zero attached hydrogens (tertiary/aromatic N) is 1. The normalized spacial score (nSPS) is 11.0. The number of aromatic nitrogens is 1. The quantitative estimate of drug-likeness (QED) is 0.284. The van der Waals surface area contributed by atoms with Gasteiger partial charge in [-0.3, -0.25) is 4.98 Å². The molecule has 0 radical (unpaired) electrons. The average Bonchev–Trinajstić information content (AvgIpc) is 3.29. The number of rotatable bonds is 4. The highest BCUT2D eigenvalue weighted by Gasteiger charge is 2.20. The van der Waals surface area contributed by atoms with E-state index in [0.717, 1.165) is 50.1 Å². The molecule has 0 fully saturated rings. The lowest BCUT2D eigenvalue weighted by Gasteiger charge is -2.09. The molecule has 0 aliphatic rings. The van der Waals surface area contributed by atoms with Gasteiger partial charge in [-0.1, -0.05) is 109 Å². The van der Waals surface area contributed by atoms with E-state index >= 15 is 0 Å². The summed E-state index contributed by atoms with van der Waals surface area (Å²) < 4.78 is 6.74. The van der Waals surface area contributed by atoms with Crippen LogP contribution in [0.1, 0.15) is 0 Å². The molecule has 0 saturated heterocycles. The van der Waals surface area contributed by atoms with Gasteiger partial charge in [0.25, 0.3) is 0 Å². The fourth-order valence-electron chi connectivity index (χ4n) is 4.50. The lowest BCUT2D eigenvalue weighted by molar-refractivity contribution is 0.602. The number of hydrogen-bond acceptors (Lipinski definition) is 2. The molecule has 0 aliphatic heterocycles. The van der Waals surface area contributed by atoms with E-state index < -0.39 is 0 Å². The second-order valence-corrected chi connectivity index (χ2v) is 8.00. The van der Waals surface area contributed by atoms with Gasteiger partial charge in [0.1, 0.15) is 11.5 Å². The minimum atomic E-state index is 0.878. The molecule has 2 aromatic heterocycles. The first-order valence-corrected chi connectivity index (χ1v) is 11.1. The van der Waals surface area contributed by atoms with E-state index in [4.69, 9.17) is 4.42 Å². The Bertz CT molecular complexity index is 1430. The lowest BCUT2D eigenvalue weighted by atomic mass is 9.95. The maximum atomic E-state index is 6.74. The number of benzene rings is 4. The van der Waals surface area contributed by atoms with Gasteiger partial charge in [-0.15, -0.1) is 0 Å². The van der Waals surface area contributed by atoms with Gasteiger partial charge >= 0.3 is 0 Å². The fourth-order valence-corrected chi connectivity index (χ4v) is 4.50. The Balaban J connectivity index is 1.61. The van der Waals surface area contributed by atoms with Gasteiger partial charge < -0.3 is 4.42 Å². The van der Waals surface area contributed by atoms with E-state index in [1.54, 1.807) is 6.20 Å². The molecular formula is C31H21NO. The predicted molar refractivity (Wildman–Crippen MR) is 136 cm³/mol. The number of pyridine rings is 1. The highest BCUT2D eigenvalue weighted by molar-refractivity contribution is 6.06. The smallest absolute Gasteiger partial charge is 0.143 e. The summed E-state index contributed by atoms with van der Waals surface area (Å²) in [7, 11) is 0. The van der Waals surface area contributed by atoms with Gasteiger partial charge in [0, 0.05) is 39.9 Å². The van der Waals surface area contributed by atoms with Crippen molar-refractivity contribution in [3.8, 4) is 44.9 Å². The molecule has 2 heterocycles. The number of hydrogen-bond donors (Lipinski definition) is 0. The van der Waals surface area contributed by atoms with Crippen LogP contribution in [0.15, 0.2) is 132 Å². The maximum absolute atomic E-state index is 6.74. The molecule has 6 rings (SSSR count). The average molecular weight is 424 g/mol. The fraction of sp³-hybridized carbons (Fsp3) is 0. The molecule has 6 aromatic rings. The van der Waals surface area contributed by atoms with E-state index in [9.17, 15) is 0 Å². The highest BCUT2D eigenvalue weighted by Crippen LogP contribution is 2.44. The molecule has 4 aromatic carbocycles. The van der Waals surface area contributed by atoms with Gasteiger partial charge in [0.2, 0.25) is 0 Å². The first-order chi connectivity index (χ1) is 16.4. The van der Waals surface area contributed by atoms with Crippen LogP contribution in [-0.2, 0) is 0 Å². The summed E-state index contributed by atoms with van der Waals surface area (Å²) in [6.45, 7) is 0. The second kappa shape index (κ2) is 8.25. The highest BCUT2D eigenvalue weighted by atomic mass is 16.3. The molecule has 0 unspecified atom stereocenters. The Morgan fingerprint density at radius 1 is 0.424 bits per heavy atom. The van der Waals surface area contributed by atoms with E-state index in [0.29, 0.717) is 0 Å². The van der Waals surface area contributed by atoms with Crippen LogP contribution < -0.4 is 0 Å².